The Kier molecular flexibility index (Phi) is 3.56. The van der Waals surface area contributed by atoms with E-state index in [4.69, 9.17) is 0 Å². The highest BCUT2D eigenvalue weighted by molar-refractivity contribution is 4.74. The highest BCUT2D eigenvalue weighted by atomic mass is 19.4. The Morgan fingerprint density at radius 2 is 1.62 bits per heavy atom. The Morgan fingerprint density at radius 3 is 1.92 bits per heavy atom. The van der Waals surface area contributed by atoms with E-state index in [0.29, 0.717) is 0 Å². The van der Waals surface area contributed by atoms with Gasteiger partial charge in [0.05, 0.1) is 0 Å². The van der Waals surface area contributed by atoms with Gasteiger partial charge in [0.1, 0.15) is 0 Å². The highest BCUT2D eigenvalue weighted by Gasteiger charge is 2.56. The van der Waals surface area contributed by atoms with Gasteiger partial charge in [-0.05, 0) is 0 Å². The van der Waals surface area contributed by atoms with Crippen molar-refractivity contribution in [1.82, 2.24) is 0 Å². The fraction of sp³-hybridized carbons (Fsp3) is 1.00. The van der Waals surface area contributed by atoms with E-state index in [0.717, 1.165) is 0 Å². The van der Waals surface area contributed by atoms with Crippen LogP contribution in [0.1, 0.15) is 12.8 Å². The summed E-state index contributed by atoms with van der Waals surface area (Å²) in [5, 5.41) is 9.61. The molecule has 0 unspecified atom stereocenters. The number of nitrogens with zero attached hydrogens (tertiary/aromatic N) is 1. The summed E-state index contributed by atoms with van der Waals surface area (Å²) in [5.74, 6) is -4.83. The molecular formula is C5H6F5NO2. The molecular weight excluding hydrogens is 201 g/mol. The SMILES string of the molecule is O=[N+]([O-])CCCC(F)(F)C(F)(F)F. The molecule has 0 aromatic heterocycles. The van der Waals surface area contributed by atoms with Crippen LogP contribution in [-0.4, -0.2) is 23.6 Å². The molecule has 0 aromatic rings. The van der Waals surface area contributed by atoms with Gasteiger partial charge in [0, 0.05) is 17.8 Å². The van der Waals surface area contributed by atoms with Crippen LogP contribution in [0.5, 0.6) is 0 Å². The van der Waals surface area contributed by atoms with Crippen LogP contribution >= 0.6 is 0 Å². The standard InChI is InChI=1S/C5H6F5NO2/c6-4(7,5(8,9)10)2-1-3-11(12)13/h1-3H2. The molecule has 0 rings (SSSR count). The van der Waals surface area contributed by atoms with Crippen molar-refractivity contribution in [3.05, 3.63) is 10.1 Å². The summed E-state index contributed by atoms with van der Waals surface area (Å²) in [6.07, 6.45) is -7.96. The molecule has 0 spiro atoms. The van der Waals surface area contributed by atoms with E-state index in [1.165, 1.54) is 0 Å². The molecule has 8 heteroatoms. The molecule has 0 amide bonds. The molecule has 78 valence electrons. The fourth-order valence-corrected chi connectivity index (χ4v) is 0.572. The maximum absolute atomic E-state index is 12.0. The molecule has 0 fully saturated rings. The van der Waals surface area contributed by atoms with Crippen molar-refractivity contribution in [2.75, 3.05) is 6.54 Å². The molecule has 0 saturated carbocycles. The van der Waals surface area contributed by atoms with Gasteiger partial charge in [0.2, 0.25) is 6.54 Å². The largest absolute Gasteiger partial charge is 0.453 e. The van der Waals surface area contributed by atoms with Gasteiger partial charge >= 0.3 is 12.1 Å². The van der Waals surface area contributed by atoms with E-state index < -0.39 is 36.4 Å². The number of alkyl halides is 5. The zero-order valence-electron chi connectivity index (χ0n) is 6.27. The third kappa shape index (κ3) is 4.00. The first-order valence-corrected chi connectivity index (χ1v) is 3.23. The Labute approximate surface area is 69.7 Å². The second kappa shape index (κ2) is 3.84. The minimum Gasteiger partial charge on any atom is -0.265 e. The molecule has 0 aliphatic rings. The van der Waals surface area contributed by atoms with Gasteiger partial charge in [-0.2, -0.15) is 22.0 Å². The minimum atomic E-state index is -5.62. The maximum atomic E-state index is 12.0. The zero-order valence-corrected chi connectivity index (χ0v) is 6.27. The summed E-state index contributed by atoms with van der Waals surface area (Å²) in [6, 6.07) is 0. The Balaban J connectivity index is 3.97. The molecule has 13 heavy (non-hydrogen) atoms. The third-order valence-electron chi connectivity index (χ3n) is 1.25. The van der Waals surface area contributed by atoms with Gasteiger partial charge in [-0.1, -0.05) is 0 Å². The predicted molar refractivity (Wildman–Crippen MR) is 32.1 cm³/mol. The summed E-state index contributed by atoms with van der Waals surface area (Å²) in [4.78, 5) is 8.68. The molecule has 0 heterocycles. The van der Waals surface area contributed by atoms with E-state index in [9.17, 15) is 32.1 Å². The summed E-state index contributed by atoms with van der Waals surface area (Å²) >= 11 is 0. The number of rotatable bonds is 4. The van der Waals surface area contributed by atoms with Crippen molar-refractivity contribution >= 4 is 0 Å². The molecule has 0 radical (unpaired) electrons. The van der Waals surface area contributed by atoms with E-state index in [2.05, 4.69) is 0 Å². The lowest BCUT2D eigenvalue weighted by atomic mass is 10.2. The molecule has 3 nitrogen and oxygen atoms in total. The minimum absolute atomic E-state index is 0.792. The maximum Gasteiger partial charge on any atom is 0.453 e. The van der Waals surface area contributed by atoms with Crippen molar-refractivity contribution in [1.29, 1.82) is 0 Å². The lowest BCUT2D eigenvalue weighted by molar-refractivity contribution is -0.481. The second-order valence-electron chi connectivity index (χ2n) is 2.36. The second-order valence-corrected chi connectivity index (χ2v) is 2.36. The van der Waals surface area contributed by atoms with Crippen molar-refractivity contribution in [3.63, 3.8) is 0 Å². The van der Waals surface area contributed by atoms with E-state index in [1.54, 1.807) is 0 Å². The average molecular weight is 207 g/mol. The third-order valence-corrected chi connectivity index (χ3v) is 1.25. The molecule has 0 aromatic carbocycles. The fourth-order valence-electron chi connectivity index (χ4n) is 0.572. The molecule has 0 N–H and O–H groups in total. The van der Waals surface area contributed by atoms with Gasteiger partial charge in [0.25, 0.3) is 0 Å². The van der Waals surface area contributed by atoms with E-state index in [1.807, 2.05) is 0 Å². The smallest absolute Gasteiger partial charge is 0.265 e. The topological polar surface area (TPSA) is 43.1 Å². The summed E-state index contributed by atoms with van der Waals surface area (Å²) in [5.41, 5.74) is 0. The lowest BCUT2D eigenvalue weighted by Gasteiger charge is -2.18. The number of hydrogen-bond donors (Lipinski definition) is 0. The Bertz CT molecular complexity index is 190. The summed E-state index contributed by atoms with van der Waals surface area (Å²) in [6.45, 7) is -0.883. The van der Waals surface area contributed by atoms with E-state index in [-0.39, 0.29) is 0 Å². The van der Waals surface area contributed by atoms with Crippen molar-refractivity contribution in [2.45, 2.75) is 24.9 Å². The Hall–Kier alpha value is -0.950. The summed E-state index contributed by atoms with van der Waals surface area (Å²) < 4.78 is 58.4. The van der Waals surface area contributed by atoms with Crippen LogP contribution in [0.3, 0.4) is 0 Å². The predicted octanol–water partition coefficient (Wildman–Crippen LogP) is 2.24. The molecule has 0 aliphatic heterocycles. The van der Waals surface area contributed by atoms with Crippen LogP contribution in [0.25, 0.3) is 0 Å². The van der Waals surface area contributed by atoms with Crippen LogP contribution < -0.4 is 0 Å². The molecule has 0 bridgehead atoms. The molecule has 0 saturated heterocycles. The van der Waals surface area contributed by atoms with Crippen molar-refractivity contribution in [2.24, 2.45) is 0 Å². The van der Waals surface area contributed by atoms with Crippen molar-refractivity contribution in [3.8, 4) is 0 Å². The number of hydrogen-bond acceptors (Lipinski definition) is 2. The van der Waals surface area contributed by atoms with Gasteiger partial charge in [0.15, 0.2) is 0 Å². The average Bonchev–Trinajstić information content (AvgIpc) is 1.82. The van der Waals surface area contributed by atoms with Crippen LogP contribution in [0, 0.1) is 10.1 Å². The van der Waals surface area contributed by atoms with Gasteiger partial charge < -0.3 is 0 Å². The lowest BCUT2D eigenvalue weighted by Crippen LogP contribution is -2.36. The molecule has 0 aliphatic carbocycles. The van der Waals surface area contributed by atoms with Crippen LogP contribution in [0.4, 0.5) is 22.0 Å². The molecule has 0 atom stereocenters. The quantitative estimate of drug-likeness (QED) is 0.403. The van der Waals surface area contributed by atoms with Crippen LogP contribution in [0.15, 0.2) is 0 Å². The zero-order chi connectivity index (χ0) is 10.7. The first-order chi connectivity index (χ1) is 5.67. The van der Waals surface area contributed by atoms with Crippen molar-refractivity contribution < 1.29 is 26.9 Å². The summed E-state index contributed by atoms with van der Waals surface area (Å²) in [7, 11) is 0. The van der Waals surface area contributed by atoms with Gasteiger partial charge in [-0.3, -0.25) is 10.1 Å². The first-order valence-electron chi connectivity index (χ1n) is 3.23. The van der Waals surface area contributed by atoms with Crippen LogP contribution in [0.2, 0.25) is 0 Å². The number of nitro groups is 1. The monoisotopic (exact) mass is 207 g/mol. The highest BCUT2D eigenvalue weighted by Crippen LogP contribution is 2.38. The number of halogens is 5. The Morgan fingerprint density at radius 1 is 1.15 bits per heavy atom. The van der Waals surface area contributed by atoms with Gasteiger partial charge in [-0.15, -0.1) is 0 Å². The first kappa shape index (κ1) is 12.0. The van der Waals surface area contributed by atoms with Crippen LogP contribution in [-0.2, 0) is 0 Å². The van der Waals surface area contributed by atoms with Gasteiger partial charge in [-0.25, -0.2) is 0 Å². The van der Waals surface area contributed by atoms with E-state index >= 15 is 0 Å². The normalized spacial score (nSPS) is 13.0.